The molecule has 232 valence electrons. The van der Waals surface area contributed by atoms with Gasteiger partial charge < -0.3 is 0 Å². The van der Waals surface area contributed by atoms with Gasteiger partial charge in [-0.05, 0) is 134 Å². The first-order valence-electron chi connectivity index (χ1n) is 17.8. The lowest BCUT2D eigenvalue weighted by Crippen LogP contribution is -2.35. The van der Waals surface area contributed by atoms with Gasteiger partial charge in [0, 0.05) is 0 Å². The van der Waals surface area contributed by atoms with Gasteiger partial charge in [0.05, 0.1) is 23.0 Å². The number of benzene rings is 2. The zero-order chi connectivity index (χ0) is 31.2. The fraction of sp³-hybridized carbons (Fsp3) is 0.571. The molecule has 3 unspecified atom stereocenters. The minimum absolute atomic E-state index is 0.118. The number of hydrogen-bond acceptors (Lipinski definition) is 2. The van der Waals surface area contributed by atoms with Gasteiger partial charge in [-0.2, -0.15) is 10.5 Å². The summed E-state index contributed by atoms with van der Waals surface area (Å²) in [4.78, 5) is 0. The first-order valence-corrected chi connectivity index (χ1v) is 17.8. The van der Waals surface area contributed by atoms with Crippen molar-refractivity contribution in [1.29, 1.82) is 10.5 Å². The standard InChI is InChI=1S/C42H54N2/c1-5-9-33-18-25-42(30-44,26-19-33)36-15-17-38(34-13-10-31(7-3)11-14-34)40(28-36)39-27-32(8-4)12-16-37(39)35-20-23-41(29-43,22-6-2)24-21-35/h7-8,10-11,13-15,17,28,32-33,35,37,39H,3-6,9,12,16,18-27H2,1-2H3. The molecule has 0 bridgehead atoms. The normalized spacial score (nSPS) is 32.2. The van der Waals surface area contributed by atoms with Crippen molar-refractivity contribution in [2.24, 2.45) is 29.1 Å². The van der Waals surface area contributed by atoms with E-state index in [9.17, 15) is 10.5 Å². The van der Waals surface area contributed by atoms with Crippen LogP contribution in [0.5, 0.6) is 0 Å². The summed E-state index contributed by atoms with van der Waals surface area (Å²) in [6.07, 6.45) is 21.0. The zero-order valence-corrected chi connectivity index (χ0v) is 27.5. The molecular weight excluding hydrogens is 532 g/mol. The quantitative estimate of drug-likeness (QED) is 0.260. The Morgan fingerprint density at radius 3 is 2.16 bits per heavy atom. The average molecular weight is 587 g/mol. The summed E-state index contributed by atoms with van der Waals surface area (Å²) in [5.41, 5.74) is 5.90. The van der Waals surface area contributed by atoms with Crippen LogP contribution in [0.2, 0.25) is 0 Å². The van der Waals surface area contributed by atoms with E-state index in [0.29, 0.717) is 23.7 Å². The third-order valence-corrected chi connectivity index (χ3v) is 12.2. The van der Waals surface area contributed by atoms with Crippen LogP contribution in [0, 0.1) is 51.7 Å². The fourth-order valence-electron chi connectivity index (χ4n) is 9.44. The van der Waals surface area contributed by atoms with Crippen LogP contribution in [0.15, 0.2) is 61.7 Å². The highest BCUT2D eigenvalue weighted by molar-refractivity contribution is 5.70. The summed E-state index contributed by atoms with van der Waals surface area (Å²) < 4.78 is 0. The molecule has 0 amide bonds. The van der Waals surface area contributed by atoms with Crippen LogP contribution in [0.1, 0.15) is 133 Å². The van der Waals surface area contributed by atoms with Crippen molar-refractivity contribution >= 4 is 6.08 Å². The molecule has 0 radical (unpaired) electrons. The molecule has 3 aliphatic carbocycles. The van der Waals surface area contributed by atoms with Crippen LogP contribution in [0.25, 0.3) is 17.2 Å². The molecule has 3 aliphatic rings. The maximum absolute atomic E-state index is 10.7. The summed E-state index contributed by atoms with van der Waals surface area (Å²) in [5, 5.41) is 20.8. The predicted molar refractivity (Wildman–Crippen MR) is 185 cm³/mol. The van der Waals surface area contributed by atoms with Crippen LogP contribution < -0.4 is 0 Å². The Hall–Kier alpha value is -3.10. The van der Waals surface area contributed by atoms with E-state index in [1.165, 1.54) is 47.9 Å². The SMILES string of the molecule is C=Cc1ccc(-c2ccc(C3(C#N)CCC(CCC)CC3)cc2C2CC(C=C)CCC2C2CCC(C#N)(CCC)CC2)cc1. The van der Waals surface area contributed by atoms with Gasteiger partial charge in [0.2, 0.25) is 0 Å². The van der Waals surface area contributed by atoms with Crippen molar-refractivity contribution in [2.75, 3.05) is 0 Å². The molecule has 3 fully saturated rings. The second-order valence-electron chi connectivity index (χ2n) is 14.6. The zero-order valence-electron chi connectivity index (χ0n) is 27.5. The lowest BCUT2D eigenvalue weighted by Gasteiger charge is -2.45. The molecule has 0 aliphatic heterocycles. The molecule has 0 aromatic heterocycles. The summed E-state index contributed by atoms with van der Waals surface area (Å²) in [5.74, 6) is 2.97. The second kappa shape index (κ2) is 14.3. The van der Waals surface area contributed by atoms with Gasteiger partial charge in [-0.25, -0.2) is 0 Å². The monoisotopic (exact) mass is 586 g/mol. The fourth-order valence-corrected chi connectivity index (χ4v) is 9.44. The molecule has 3 saturated carbocycles. The molecular formula is C42H54N2. The Bertz CT molecular complexity index is 1350. The molecule has 44 heavy (non-hydrogen) atoms. The smallest absolute Gasteiger partial charge is 0.0822 e. The molecule has 0 saturated heterocycles. The summed E-state index contributed by atoms with van der Waals surface area (Å²) in [6.45, 7) is 12.7. The molecule has 2 nitrogen and oxygen atoms in total. The summed E-state index contributed by atoms with van der Waals surface area (Å²) in [6, 6.07) is 21.6. The van der Waals surface area contributed by atoms with Crippen molar-refractivity contribution in [3.05, 3.63) is 78.4 Å². The van der Waals surface area contributed by atoms with E-state index in [4.69, 9.17) is 0 Å². The van der Waals surface area contributed by atoms with E-state index in [2.05, 4.69) is 87.7 Å². The molecule has 2 heteroatoms. The van der Waals surface area contributed by atoms with E-state index >= 15 is 0 Å². The van der Waals surface area contributed by atoms with Gasteiger partial charge in [-0.1, -0.05) is 94.3 Å². The second-order valence-corrected chi connectivity index (χ2v) is 14.6. The molecule has 3 atom stereocenters. The van der Waals surface area contributed by atoms with Crippen LogP contribution in [0.3, 0.4) is 0 Å². The predicted octanol–water partition coefficient (Wildman–Crippen LogP) is 11.9. The first-order chi connectivity index (χ1) is 21.4. The van der Waals surface area contributed by atoms with Crippen LogP contribution in [-0.2, 0) is 5.41 Å². The third kappa shape index (κ3) is 6.62. The Labute approximate surface area is 268 Å². The highest BCUT2D eigenvalue weighted by Gasteiger charge is 2.43. The number of nitriles is 2. The lowest BCUT2D eigenvalue weighted by atomic mass is 9.59. The molecule has 0 heterocycles. The van der Waals surface area contributed by atoms with E-state index < -0.39 is 0 Å². The van der Waals surface area contributed by atoms with Gasteiger partial charge >= 0.3 is 0 Å². The minimum atomic E-state index is -0.385. The number of rotatable bonds is 10. The van der Waals surface area contributed by atoms with E-state index in [1.54, 1.807) is 0 Å². The summed E-state index contributed by atoms with van der Waals surface area (Å²) in [7, 11) is 0. The maximum atomic E-state index is 10.7. The van der Waals surface area contributed by atoms with E-state index in [-0.39, 0.29) is 10.8 Å². The van der Waals surface area contributed by atoms with Crippen molar-refractivity contribution in [2.45, 2.75) is 121 Å². The highest BCUT2D eigenvalue weighted by atomic mass is 14.5. The van der Waals surface area contributed by atoms with Gasteiger partial charge in [0.15, 0.2) is 0 Å². The Balaban J connectivity index is 1.55. The van der Waals surface area contributed by atoms with Crippen molar-refractivity contribution in [3.8, 4) is 23.3 Å². The van der Waals surface area contributed by atoms with Gasteiger partial charge in [0.1, 0.15) is 0 Å². The minimum Gasteiger partial charge on any atom is -0.198 e. The van der Waals surface area contributed by atoms with Gasteiger partial charge in [-0.3, -0.25) is 0 Å². The maximum Gasteiger partial charge on any atom is 0.0822 e. The lowest BCUT2D eigenvalue weighted by molar-refractivity contribution is 0.108. The Morgan fingerprint density at radius 2 is 1.57 bits per heavy atom. The summed E-state index contributed by atoms with van der Waals surface area (Å²) >= 11 is 0. The Morgan fingerprint density at radius 1 is 0.841 bits per heavy atom. The van der Waals surface area contributed by atoms with Gasteiger partial charge in [0.25, 0.3) is 0 Å². The topological polar surface area (TPSA) is 47.6 Å². The van der Waals surface area contributed by atoms with Gasteiger partial charge in [-0.15, -0.1) is 6.58 Å². The van der Waals surface area contributed by atoms with Crippen LogP contribution in [-0.4, -0.2) is 0 Å². The van der Waals surface area contributed by atoms with E-state index in [0.717, 1.165) is 82.1 Å². The largest absolute Gasteiger partial charge is 0.198 e. The first kappa shape index (κ1) is 32.3. The molecule has 2 aromatic carbocycles. The highest BCUT2D eigenvalue weighted by Crippen LogP contribution is 2.54. The average Bonchev–Trinajstić information content (AvgIpc) is 3.09. The van der Waals surface area contributed by atoms with Crippen molar-refractivity contribution in [3.63, 3.8) is 0 Å². The molecule has 0 spiro atoms. The number of nitrogens with zero attached hydrogens (tertiary/aromatic N) is 2. The molecule has 0 N–H and O–H groups in total. The third-order valence-electron chi connectivity index (χ3n) is 12.2. The van der Waals surface area contributed by atoms with Crippen molar-refractivity contribution < 1.29 is 0 Å². The van der Waals surface area contributed by atoms with Crippen LogP contribution >= 0.6 is 0 Å². The van der Waals surface area contributed by atoms with Crippen LogP contribution in [0.4, 0.5) is 0 Å². The van der Waals surface area contributed by atoms with E-state index in [1.807, 2.05) is 6.08 Å². The van der Waals surface area contributed by atoms with Crippen molar-refractivity contribution in [1.82, 2.24) is 0 Å². The molecule has 2 aromatic rings. The number of allylic oxidation sites excluding steroid dienone is 1. The molecule has 5 rings (SSSR count). The Kier molecular flexibility index (Phi) is 10.5. The number of hydrogen-bond donors (Lipinski definition) is 0.